The summed E-state index contributed by atoms with van der Waals surface area (Å²) in [5, 5.41) is 5.34. The summed E-state index contributed by atoms with van der Waals surface area (Å²) in [6.07, 6.45) is 3.55. The van der Waals surface area contributed by atoms with Gasteiger partial charge in [0.2, 0.25) is 5.95 Å². The van der Waals surface area contributed by atoms with Gasteiger partial charge in [-0.2, -0.15) is 9.67 Å². The molecule has 1 aliphatic carbocycles. The minimum atomic E-state index is -0.277. The lowest BCUT2D eigenvalue weighted by Gasteiger charge is -2.12. The van der Waals surface area contributed by atoms with E-state index in [1.807, 2.05) is 18.0 Å². The predicted octanol–water partition coefficient (Wildman–Crippen LogP) is 2.92. The van der Waals surface area contributed by atoms with Crippen LogP contribution in [0.5, 0.6) is 0 Å². The van der Waals surface area contributed by atoms with Crippen LogP contribution in [0.2, 0.25) is 10.0 Å². The summed E-state index contributed by atoms with van der Waals surface area (Å²) in [5.41, 5.74) is 0.347. The van der Waals surface area contributed by atoms with Crippen molar-refractivity contribution in [2.75, 3.05) is 11.9 Å². The van der Waals surface area contributed by atoms with Crippen molar-refractivity contribution in [1.82, 2.24) is 24.7 Å². The number of benzene rings is 1. The van der Waals surface area contributed by atoms with Crippen LogP contribution in [0.15, 0.2) is 35.4 Å². The average molecular weight is 377 g/mol. The molecule has 2 heterocycles. The predicted molar refractivity (Wildman–Crippen MR) is 96.7 cm³/mol. The number of aromatic nitrogens is 5. The Bertz CT molecular complexity index is 994. The molecule has 1 saturated carbocycles. The van der Waals surface area contributed by atoms with Gasteiger partial charge < -0.3 is 9.88 Å². The summed E-state index contributed by atoms with van der Waals surface area (Å²) in [6.45, 7) is 0. The molecular weight excluding hydrogens is 363 g/mol. The van der Waals surface area contributed by atoms with Crippen molar-refractivity contribution in [1.29, 1.82) is 0 Å². The molecule has 0 spiro atoms. The van der Waals surface area contributed by atoms with Gasteiger partial charge in [0.15, 0.2) is 11.6 Å². The molecule has 0 radical (unpaired) electrons. The number of hydrogen-bond donors (Lipinski definition) is 1. The van der Waals surface area contributed by atoms with Crippen molar-refractivity contribution >= 4 is 29.2 Å². The van der Waals surface area contributed by atoms with Gasteiger partial charge in [-0.3, -0.25) is 4.79 Å². The van der Waals surface area contributed by atoms with E-state index in [1.54, 1.807) is 12.1 Å². The van der Waals surface area contributed by atoms with Crippen LogP contribution in [-0.2, 0) is 0 Å². The van der Waals surface area contributed by atoms with Crippen molar-refractivity contribution in [3.63, 3.8) is 0 Å². The molecular formula is C16H14Cl2N6O. The highest BCUT2D eigenvalue weighted by Gasteiger charge is 2.30. The number of nitrogens with one attached hydrogen (secondary N) is 1. The normalized spacial score (nSPS) is 13.9. The Morgan fingerprint density at radius 1 is 1.32 bits per heavy atom. The van der Waals surface area contributed by atoms with Crippen LogP contribution in [0.3, 0.4) is 0 Å². The zero-order valence-electron chi connectivity index (χ0n) is 13.3. The molecule has 0 atom stereocenters. The quantitative estimate of drug-likeness (QED) is 0.756. The van der Waals surface area contributed by atoms with Crippen LogP contribution in [0.4, 0.5) is 5.95 Å². The van der Waals surface area contributed by atoms with Gasteiger partial charge in [-0.25, -0.2) is 4.98 Å². The summed E-state index contributed by atoms with van der Waals surface area (Å²) < 4.78 is 1.51. The molecule has 3 aromatic rings. The molecule has 9 heteroatoms. The highest BCUT2D eigenvalue weighted by atomic mass is 35.5. The molecule has 1 aliphatic rings. The third-order valence-corrected chi connectivity index (χ3v) is 4.90. The van der Waals surface area contributed by atoms with Gasteiger partial charge >= 0.3 is 0 Å². The highest BCUT2D eigenvalue weighted by molar-refractivity contribution is 6.43. The number of rotatable bonds is 4. The van der Waals surface area contributed by atoms with Gasteiger partial charge in [-0.1, -0.05) is 29.3 Å². The maximum absolute atomic E-state index is 11.7. The molecule has 2 aromatic heterocycles. The summed E-state index contributed by atoms with van der Waals surface area (Å²) in [4.78, 5) is 25.0. The third-order valence-electron chi connectivity index (χ3n) is 4.08. The van der Waals surface area contributed by atoms with Crippen LogP contribution in [0, 0.1) is 0 Å². The largest absolute Gasteiger partial charge is 0.340 e. The lowest BCUT2D eigenvalue weighted by Crippen LogP contribution is -2.21. The van der Waals surface area contributed by atoms with E-state index >= 15 is 0 Å². The first-order chi connectivity index (χ1) is 12.0. The first kappa shape index (κ1) is 16.1. The number of aromatic amines is 1. The van der Waals surface area contributed by atoms with E-state index in [2.05, 4.69) is 20.1 Å². The Morgan fingerprint density at radius 3 is 2.84 bits per heavy atom. The van der Waals surface area contributed by atoms with Crippen molar-refractivity contribution in [3.05, 3.63) is 51.0 Å². The third kappa shape index (κ3) is 3.01. The molecule has 1 fully saturated rings. The molecule has 0 saturated heterocycles. The van der Waals surface area contributed by atoms with Crippen LogP contribution in [0.25, 0.3) is 17.2 Å². The molecule has 4 rings (SSSR count). The Morgan fingerprint density at radius 2 is 2.12 bits per heavy atom. The van der Waals surface area contributed by atoms with Crippen LogP contribution < -0.4 is 10.5 Å². The summed E-state index contributed by atoms with van der Waals surface area (Å²) >= 11 is 12.5. The van der Waals surface area contributed by atoms with Gasteiger partial charge in [-0.05, 0) is 25.0 Å². The maximum atomic E-state index is 11.7. The van der Waals surface area contributed by atoms with Gasteiger partial charge in [0.05, 0.1) is 16.4 Å². The summed E-state index contributed by atoms with van der Waals surface area (Å²) in [5.74, 6) is 1.39. The first-order valence-electron chi connectivity index (χ1n) is 7.74. The van der Waals surface area contributed by atoms with Crippen LogP contribution in [0.1, 0.15) is 12.8 Å². The van der Waals surface area contributed by atoms with Crippen molar-refractivity contribution in [3.8, 4) is 17.2 Å². The Kier molecular flexibility index (Phi) is 3.97. The number of H-pyrrole nitrogens is 1. The highest BCUT2D eigenvalue weighted by Crippen LogP contribution is 2.35. The van der Waals surface area contributed by atoms with Gasteiger partial charge in [0.1, 0.15) is 0 Å². The molecule has 0 unspecified atom stereocenters. The average Bonchev–Trinajstić information content (AvgIpc) is 3.35. The second-order valence-electron chi connectivity index (χ2n) is 5.86. The fourth-order valence-electron chi connectivity index (χ4n) is 2.56. The van der Waals surface area contributed by atoms with E-state index in [0.29, 0.717) is 39.2 Å². The summed E-state index contributed by atoms with van der Waals surface area (Å²) in [7, 11) is 1.95. The fourth-order valence-corrected chi connectivity index (χ4v) is 2.95. The number of halogens is 2. The van der Waals surface area contributed by atoms with Crippen molar-refractivity contribution < 1.29 is 0 Å². The molecule has 0 amide bonds. The number of anilines is 1. The lowest BCUT2D eigenvalue weighted by atomic mass is 10.2. The van der Waals surface area contributed by atoms with Crippen LogP contribution >= 0.6 is 23.2 Å². The molecule has 0 aliphatic heterocycles. The second kappa shape index (κ2) is 6.16. The Hall–Kier alpha value is -2.38. The van der Waals surface area contributed by atoms with Gasteiger partial charge in [0, 0.05) is 24.7 Å². The van der Waals surface area contributed by atoms with E-state index in [0.717, 1.165) is 12.8 Å². The van der Waals surface area contributed by atoms with Gasteiger partial charge in [-0.15, -0.1) is 5.10 Å². The smallest absolute Gasteiger partial charge is 0.252 e. The minimum Gasteiger partial charge on any atom is -0.340 e. The molecule has 7 nitrogen and oxygen atoms in total. The van der Waals surface area contributed by atoms with E-state index in [9.17, 15) is 4.79 Å². The van der Waals surface area contributed by atoms with Gasteiger partial charge in [0.25, 0.3) is 5.56 Å². The first-order valence-corrected chi connectivity index (χ1v) is 8.49. The Labute approximate surface area is 153 Å². The summed E-state index contributed by atoms with van der Waals surface area (Å²) in [6, 6.07) is 7.10. The number of hydrogen-bond acceptors (Lipinski definition) is 5. The molecule has 0 bridgehead atoms. The monoisotopic (exact) mass is 376 g/mol. The topological polar surface area (TPSA) is 79.7 Å². The Balaban J connectivity index is 1.92. The van der Waals surface area contributed by atoms with Crippen molar-refractivity contribution in [2.45, 2.75) is 18.9 Å². The number of nitrogens with zero attached hydrogens (tertiary/aromatic N) is 5. The fraction of sp³-hybridized carbons (Fsp3) is 0.250. The minimum absolute atomic E-state index is 0.277. The zero-order chi connectivity index (χ0) is 17.6. The SMILES string of the molecule is CN(c1nc(-c2cccc(Cl)c2Cl)n(-c2cc(=O)[nH]cn2)n1)C1CC1. The van der Waals surface area contributed by atoms with E-state index in [4.69, 9.17) is 23.2 Å². The lowest BCUT2D eigenvalue weighted by molar-refractivity contribution is 0.808. The second-order valence-corrected chi connectivity index (χ2v) is 6.65. The van der Waals surface area contributed by atoms with E-state index in [1.165, 1.54) is 17.1 Å². The van der Waals surface area contributed by atoms with Crippen molar-refractivity contribution in [2.24, 2.45) is 0 Å². The molecule has 1 aromatic carbocycles. The maximum Gasteiger partial charge on any atom is 0.252 e. The molecule has 25 heavy (non-hydrogen) atoms. The molecule has 128 valence electrons. The van der Waals surface area contributed by atoms with E-state index < -0.39 is 0 Å². The standard InChI is InChI=1S/C16H14Cl2N6O/c1-23(9-5-6-9)16-21-15(10-3-2-4-11(17)14(10)18)24(22-16)12-7-13(25)20-8-19-12/h2-4,7-9H,5-6H2,1H3,(H,19,20,25). The van der Waals surface area contributed by atoms with Crippen LogP contribution in [-0.4, -0.2) is 37.8 Å². The molecule has 1 N–H and O–H groups in total. The zero-order valence-corrected chi connectivity index (χ0v) is 14.8. The van der Waals surface area contributed by atoms with E-state index in [-0.39, 0.29) is 5.56 Å².